The van der Waals surface area contributed by atoms with Crippen molar-refractivity contribution < 1.29 is 4.79 Å². The Kier molecular flexibility index (Phi) is 7.42. The number of benzene rings is 1. The highest BCUT2D eigenvalue weighted by molar-refractivity contribution is 7.18. The van der Waals surface area contributed by atoms with Crippen LogP contribution in [-0.2, 0) is 23.3 Å². The van der Waals surface area contributed by atoms with E-state index >= 15 is 0 Å². The van der Waals surface area contributed by atoms with Crippen LogP contribution in [0.1, 0.15) is 60.4 Å². The van der Waals surface area contributed by atoms with Gasteiger partial charge in [0.15, 0.2) is 0 Å². The molecular weight excluding hydrogens is 572 g/mol. The Morgan fingerprint density at radius 1 is 0.864 bits per heavy atom. The van der Waals surface area contributed by atoms with Crippen molar-refractivity contribution in [3.05, 3.63) is 78.4 Å². The molecule has 5 heterocycles. The molecule has 3 unspecified atom stereocenters. The molecule has 1 aromatic carbocycles. The van der Waals surface area contributed by atoms with Gasteiger partial charge in [-0.2, -0.15) is 0 Å². The highest BCUT2D eigenvalue weighted by Crippen LogP contribution is 2.48. The first-order valence-corrected chi connectivity index (χ1v) is 16.7. The number of thiophene rings is 1. The summed E-state index contributed by atoms with van der Waals surface area (Å²) in [6.45, 7) is 13.9. The van der Waals surface area contributed by atoms with Gasteiger partial charge in [-0.3, -0.25) is 24.4 Å². The zero-order chi connectivity index (χ0) is 30.7. The first-order chi connectivity index (χ1) is 21.0. The number of aryl methyl sites for hydroxylation is 2. The quantitative estimate of drug-likeness (QED) is 0.235. The summed E-state index contributed by atoms with van der Waals surface area (Å²) in [5.41, 5.74) is 6.09. The van der Waals surface area contributed by atoms with Crippen molar-refractivity contribution in [3.8, 4) is 11.3 Å². The van der Waals surface area contributed by atoms with Gasteiger partial charge in [0.05, 0.1) is 5.69 Å². The van der Waals surface area contributed by atoms with E-state index in [2.05, 4.69) is 82.0 Å². The molecule has 10 heteroatoms. The predicted octanol–water partition coefficient (Wildman–Crippen LogP) is 4.40. The second-order valence-corrected chi connectivity index (χ2v) is 15.0. The van der Waals surface area contributed by atoms with Crippen LogP contribution in [0.15, 0.2) is 39.9 Å². The molecule has 1 amide bonds. The second kappa shape index (κ2) is 11.2. The van der Waals surface area contributed by atoms with Crippen molar-refractivity contribution in [3.63, 3.8) is 0 Å². The summed E-state index contributed by atoms with van der Waals surface area (Å²) in [6.07, 6.45) is 3.16. The summed E-state index contributed by atoms with van der Waals surface area (Å²) in [5, 5.41) is 4.53. The van der Waals surface area contributed by atoms with Crippen molar-refractivity contribution in [1.82, 2.24) is 30.1 Å². The molecule has 0 radical (unpaired) electrons. The zero-order valence-electron chi connectivity index (χ0n) is 26.0. The minimum absolute atomic E-state index is 0.0224. The molecule has 1 saturated carbocycles. The smallest absolute Gasteiger partial charge is 0.325 e. The van der Waals surface area contributed by atoms with E-state index in [1.807, 2.05) is 11.3 Å². The third kappa shape index (κ3) is 5.59. The minimum atomic E-state index is -0.458. The number of fused-ring (bicyclic) bond motifs is 3. The molecule has 3 aliphatic rings. The van der Waals surface area contributed by atoms with Crippen molar-refractivity contribution in [2.75, 3.05) is 26.2 Å². The molecular formula is C34H42N6O3S. The maximum Gasteiger partial charge on any atom is 0.325 e. The standard InChI is InChI=1S/C34H42N6O3S/c1-19-11-20(2)13-21(12-19)30-26(18-40-9-7-39(8-10-40)17-22-14-29(41)37-33(43)35-22)24-15-28(44-32(24)38-30)34(3,4)16-25-23-5-6-27(25)36-31(23)42/h11-15,23,25,27,38H,5-10,16-18H2,1-4H3,(H,36,42)(H2,35,37,41,43). The fourth-order valence-electron chi connectivity index (χ4n) is 7.91. The van der Waals surface area contributed by atoms with Gasteiger partial charge >= 0.3 is 5.69 Å². The van der Waals surface area contributed by atoms with Gasteiger partial charge in [-0.15, -0.1) is 11.3 Å². The summed E-state index contributed by atoms with van der Waals surface area (Å²) in [4.78, 5) is 52.1. The number of H-pyrrole nitrogens is 3. The summed E-state index contributed by atoms with van der Waals surface area (Å²) < 4.78 is 0. The van der Waals surface area contributed by atoms with Crippen LogP contribution in [0.5, 0.6) is 0 Å². The summed E-state index contributed by atoms with van der Waals surface area (Å²) in [5.74, 6) is 0.857. The third-order valence-electron chi connectivity index (χ3n) is 10.1. The number of aromatic nitrogens is 3. The Balaban J connectivity index is 1.15. The van der Waals surface area contributed by atoms with Crippen LogP contribution in [-0.4, -0.2) is 62.9 Å². The van der Waals surface area contributed by atoms with E-state index in [4.69, 9.17) is 0 Å². The molecule has 0 spiro atoms. The van der Waals surface area contributed by atoms with E-state index in [-0.39, 0.29) is 22.8 Å². The van der Waals surface area contributed by atoms with Crippen LogP contribution in [0.25, 0.3) is 21.5 Å². The topological polar surface area (TPSA) is 117 Å². The monoisotopic (exact) mass is 614 g/mol. The Hall–Kier alpha value is -3.47. The number of hydrogen-bond acceptors (Lipinski definition) is 6. The van der Waals surface area contributed by atoms with Crippen molar-refractivity contribution in [2.24, 2.45) is 11.8 Å². The maximum absolute atomic E-state index is 12.4. The molecule has 44 heavy (non-hydrogen) atoms. The third-order valence-corrected chi connectivity index (χ3v) is 11.5. The predicted molar refractivity (Wildman–Crippen MR) is 175 cm³/mol. The van der Waals surface area contributed by atoms with Crippen LogP contribution in [0, 0.1) is 25.7 Å². The van der Waals surface area contributed by atoms with Crippen LogP contribution in [0.3, 0.4) is 0 Å². The number of piperazine rings is 1. The van der Waals surface area contributed by atoms with Crippen LogP contribution < -0.4 is 16.6 Å². The molecule has 2 aliphatic heterocycles. The van der Waals surface area contributed by atoms with Gasteiger partial charge in [-0.25, -0.2) is 4.79 Å². The molecule has 1 aliphatic carbocycles. The van der Waals surface area contributed by atoms with Gasteiger partial charge in [0.2, 0.25) is 5.91 Å². The Bertz CT molecular complexity index is 1790. The van der Waals surface area contributed by atoms with Crippen LogP contribution in [0.2, 0.25) is 0 Å². The van der Waals surface area contributed by atoms with Crippen LogP contribution in [0.4, 0.5) is 0 Å². The number of piperidine rings is 1. The number of rotatable bonds is 8. The van der Waals surface area contributed by atoms with Gasteiger partial charge < -0.3 is 15.3 Å². The molecule has 4 N–H and O–H groups in total. The lowest BCUT2D eigenvalue weighted by molar-refractivity contribution is -0.124. The maximum atomic E-state index is 12.4. The van der Waals surface area contributed by atoms with Gasteiger partial charge in [0.1, 0.15) is 4.83 Å². The average Bonchev–Trinajstić information content (AvgIpc) is 3.69. The van der Waals surface area contributed by atoms with Crippen molar-refractivity contribution in [2.45, 2.75) is 71.5 Å². The largest absolute Gasteiger partial charge is 0.353 e. The molecule has 3 fully saturated rings. The normalized spacial score (nSPS) is 22.7. The molecule has 7 rings (SSSR count). The second-order valence-electron chi connectivity index (χ2n) is 13.9. The Labute approximate surface area is 261 Å². The fraction of sp³-hybridized carbons (Fsp3) is 0.500. The number of amides is 1. The van der Waals surface area contributed by atoms with Crippen molar-refractivity contribution >= 4 is 27.5 Å². The van der Waals surface area contributed by atoms with E-state index in [1.165, 1.54) is 49.1 Å². The highest BCUT2D eigenvalue weighted by atomic mass is 32.1. The molecule has 2 saturated heterocycles. The lowest BCUT2D eigenvalue weighted by atomic mass is 9.78. The summed E-state index contributed by atoms with van der Waals surface area (Å²) in [6, 6.07) is 11.0. The average molecular weight is 615 g/mol. The van der Waals surface area contributed by atoms with E-state index < -0.39 is 5.69 Å². The zero-order valence-corrected chi connectivity index (χ0v) is 26.8. The first-order valence-electron chi connectivity index (χ1n) is 15.8. The Morgan fingerprint density at radius 2 is 1.57 bits per heavy atom. The van der Waals surface area contributed by atoms with Crippen molar-refractivity contribution in [1.29, 1.82) is 0 Å². The minimum Gasteiger partial charge on any atom is -0.353 e. The molecule has 4 aromatic rings. The molecule has 2 bridgehead atoms. The fourth-order valence-corrected chi connectivity index (χ4v) is 9.11. The molecule has 232 valence electrons. The molecule has 9 nitrogen and oxygen atoms in total. The van der Waals surface area contributed by atoms with Gasteiger partial charge in [0, 0.05) is 78.8 Å². The highest BCUT2D eigenvalue weighted by Gasteiger charge is 2.49. The SMILES string of the molecule is Cc1cc(C)cc(-c2[nH]c3sc(C(C)(C)CC4C5CCC4C(=O)N5)cc3c2CN2CCN(Cc3cc(=O)[nH]c(=O)[nH]3)CC2)c1. The summed E-state index contributed by atoms with van der Waals surface area (Å²) in [7, 11) is 0. The number of carbonyl (C=O) groups excluding carboxylic acids is 1. The number of nitrogens with one attached hydrogen (secondary N) is 4. The summed E-state index contributed by atoms with van der Waals surface area (Å²) >= 11 is 1.87. The lowest BCUT2D eigenvalue weighted by Gasteiger charge is -2.34. The van der Waals surface area contributed by atoms with E-state index in [1.54, 1.807) is 0 Å². The van der Waals surface area contributed by atoms with E-state index in [9.17, 15) is 14.4 Å². The number of hydrogen-bond donors (Lipinski definition) is 4. The van der Waals surface area contributed by atoms with E-state index in [0.717, 1.165) is 52.0 Å². The molecule has 3 atom stereocenters. The van der Waals surface area contributed by atoms with Gasteiger partial charge in [-0.1, -0.05) is 31.0 Å². The number of aromatic amines is 3. The van der Waals surface area contributed by atoms with Crippen LogP contribution >= 0.6 is 11.3 Å². The lowest BCUT2D eigenvalue weighted by Crippen LogP contribution is -2.45. The first kappa shape index (κ1) is 29.3. The number of carbonyl (C=O) groups is 1. The van der Waals surface area contributed by atoms with Gasteiger partial charge in [-0.05, 0) is 68.2 Å². The molecule has 3 aromatic heterocycles. The van der Waals surface area contributed by atoms with Gasteiger partial charge in [0.25, 0.3) is 5.56 Å². The van der Waals surface area contributed by atoms with E-state index in [0.29, 0.717) is 24.2 Å². The Morgan fingerprint density at radius 3 is 2.20 bits per heavy atom. The number of nitrogens with zero attached hydrogens (tertiary/aromatic N) is 2.